The summed E-state index contributed by atoms with van der Waals surface area (Å²) in [7, 11) is 3.39. The maximum absolute atomic E-state index is 5.44. The topological polar surface area (TPSA) is 30.5 Å². The highest BCUT2D eigenvalue weighted by molar-refractivity contribution is 7.98. The zero-order valence-corrected chi connectivity index (χ0v) is 13.3. The number of hydrogen-bond donors (Lipinski definition) is 1. The van der Waals surface area contributed by atoms with E-state index in [4.69, 9.17) is 9.47 Å². The van der Waals surface area contributed by atoms with Crippen LogP contribution in [-0.4, -0.2) is 32.3 Å². The van der Waals surface area contributed by atoms with Crippen LogP contribution in [0.2, 0.25) is 0 Å². The van der Waals surface area contributed by atoms with Gasteiger partial charge in [-0.05, 0) is 37.8 Å². The van der Waals surface area contributed by atoms with Crippen molar-refractivity contribution in [2.75, 3.05) is 26.2 Å². The molecule has 0 saturated carbocycles. The highest BCUT2D eigenvalue weighted by Crippen LogP contribution is 2.29. The molecule has 0 bridgehead atoms. The van der Waals surface area contributed by atoms with E-state index in [9.17, 15) is 0 Å². The zero-order valence-electron chi connectivity index (χ0n) is 12.5. The van der Waals surface area contributed by atoms with E-state index < -0.39 is 0 Å². The van der Waals surface area contributed by atoms with Gasteiger partial charge in [0.2, 0.25) is 0 Å². The summed E-state index contributed by atoms with van der Waals surface area (Å²) < 4.78 is 10.7. The molecule has 0 aliphatic rings. The minimum absolute atomic E-state index is 0.238. The quantitative estimate of drug-likeness (QED) is 0.791. The Hall–Kier alpha value is -0.870. The summed E-state index contributed by atoms with van der Waals surface area (Å²) in [4.78, 5) is 0. The van der Waals surface area contributed by atoms with E-state index in [0.717, 1.165) is 29.2 Å². The standard InChI is InChI=1S/C15H25NO2S/c1-6-12(10-19-5)16-11(2)14-9-13(17-3)7-8-15(14)18-4/h7-9,11-12,16H,6,10H2,1-5H3. The minimum atomic E-state index is 0.238. The number of ether oxygens (including phenoxy) is 2. The van der Waals surface area contributed by atoms with Gasteiger partial charge in [-0.2, -0.15) is 11.8 Å². The molecular formula is C15H25NO2S. The van der Waals surface area contributed by atoms with Gasteiger partial charge in [-0.15, -0.1) is 0 Å². The fourth-order valence-electron chi connectivity index (χ4n) is 2.11. The van der Waals surface area contributed by atoms with Crippen LogP contribution in [0, 0.1) is 0 Å². The van der Waals surface area contributed by atoms with Crippen molar-refractivity contribution in [3.05, 3.63) is 23.8 Å². The number of rotatable bonds is 8. The average Bonchev–Trinajstić information content (AvgIpc) is 2.45. The Morgan fingerprint density at radius 1 is 1.26 bits per heavy atom. The van der Waals surface area contributed by atoms with Crippen LogP contribution in [0.3, 0.4) is 0 Å². The largest absolute Gasteiger partial charge is 0.497 e. The lowest BCUT2D eigenvalue weighted by Gasteiger charge is -2.23. The molecule has 1 N–H and O–H groups in total. The van der Waals surface area contributed by atoms with Gasteiger partial charge in [0.25, 0.3) is 0 Å². The van der Waals surface area contributed by atoms with E-state index in [0.29, 0.717) is 6.04 Å². The van der Waals surface area contributed by atoms with Crippen molar-refractivity contribution in [2.45, 2.75) is 32.4 Å². The van der Waals surface area contributed by atoms with E-state index in [-0.39, 0.29) is 6.04 Å². The van der Waals surface area contributed by atoms with E-state index in [1.807, 2.05) is 30.0 Å². The fraction of sp³-hybridized carbons (Fsp3) is 0.600. The van der Waals surface area contributed by atoms with Crippen molar-refractivity contribution >= 4 is 11.8 Å². The minimum Gasteiger partial charge on any atom is -0.497 e. The molecular weight excluding hydrogens is 258 g/mol. The molecule has 19 heavy (non-hydrogen) atoms. The van der Waals surface area contributed by atoms with E-state index >= 15 is 0 Å². The maximum Gasteiger partial charge on any atom is 0.123 e. The molecule has 1 rings (SSSR count). The third-order valence-electron chi connectivity index (χ3n) is 3.25. The first-order valence-corrected chi connectivity index (χ1v) is 8.02. The number of methoxy groups -OCH3 is 2. The summed E-state index contributed by atoms with van der Waals surface area (Å²) in [5, 5.41) is 3.65. The Labute approximate surface area is 121 Å². The molecule has 0 fully saturated rings. The maximum atomic E-state index is 5.44. The van der Waals surface area contributed by atoms with Gasteiger partial charge in [-0.3, -0.25) is 0 Å². The van der Waals surface area contributed by atoms with Gasteiger partial charge in [0, 0.05) is 23.4 Å². The third kappa shape index (κ3) is 4.62. The molecule has 1 aromatic carbocycles. The molecule has 4 heteroatoms. The second-order valence-electron chi connectivity index (χ2n) is 4.56. The van der Waals surface area contributed by atoms with Crippen LogP contribution in [0.5, 0.6) is 11.5 Å². The van der Waals surface area contributed by atoms with Crippen molar-refractivity contribution in [1.29, 1.82) is 0 Å². The highest BCUT2D eigenvalue weighted by atomic mass is 32.2. The monoisotopic (exact) mass is 283 g/mol. The summed E-state index contributed by atoms with van der Waals surface area (Å²) in [6, 6.07) is 6.68. The first-order chi connectivity index (χ1) is 9.15. The van der Waals surface area contributed by atoms with Crippen LogP contribution in [0.4, 0.5) is 0 Å². The Bertz CT molecular complexity index is 384. The smallest absolute Gasteiger partial charge is 0.123 e. The molecule has 1 aromatic rings. The predicted molar refractivity (Wildman–Crippen MR) is 83.6 cm³/mol. The van der Waals surface area contributed by atoms with Crippen molar-refractivity contribution in [2.24, 2.45) is 0 Å². The van der Waals surface area contributed by atoms with Crippen LogP contribution in [0.15, 0.2) is 18.2 Å². The van der Waals surface area contributed by atoms with Gasteiger partial charge >= 0.3 is 0 Å². The van der Waals surface area contributed by atoms with E-state index in [1.165, 1.54) is 0 Å². The van der Waals surface area contributed by atoms with Crippen molar-refractivity contribution in [3.8, 4) is 11.5 Å². The van der Waals surface area contributed by atoms with Crippen molar-refractivity contribution < 1.29 is 9.47 Å². The zero-order chi connectivity index (χ0) is 14.3. The molecule has 0 radical (unpaired) electrons. The highest BCUT2D eigenvalue weighted by Gasteiger charge is 2.16. The lowest BCUT2D eigenvalue weighted by atomic mass is 10.1. The molecule has 0 aromatic heterocycles. The van der Waals surface area contributed by atoms with Gasteiger partial charge in [0.15, 0.2) is 0 Å². The molecule has 108 valence electrons. The van der Waals surface area contributed by atoms with Gasteiger partial charge in [-0.1, -0.05) is 6.92 Å². The summed E-state index contributed by atoms with van der Waals surface area (Å²) >= 11 is 1.87. The van der Waals surface area contributed by atoms with Crippen LogP contribution >= 0.6 is 11.8 Å². The average molecular weight is 283 g/mol. The summed E-state index contributed by atoms with van der Waals surface area (Å²) in [6.45, 7) is 4.38. The first-order valence-electron chi connectivity index (χ1n) is 6.63. The van der Waals surface area contributed by atoms with Crippen LogP contribution in [-0.2, 0) is 0 Å². The number of hydrogen-bond acceptors (Lipinski definition) is 4. The van der Waals surface area contributed by atoms with E-state index in [2.05, 4.69) is 25.4 Å². The fourth-order valence-corrected chi connectivity index (χ4v) is 2.84. The number of benzene rings is 1. The normalized spacial score (nSPS) is 13.9. The number of nitrogens with one attached hydrogen (secondary N) is 1. The Balaban J connectivity index is 2.87. The molecule has 3 nitrogen and oxygen atoms in total. The lowest BCUT2D eigenvalue weighted by molar-refractivity contribution is 0.386. The second kappa shape index (κ2) is 8.33. The molecule has 0 aliphatic heterocycles. The molecule has 0 heterocycles. The molecule has 0 amide bonds. The Morgan fingerprint density at radius 2 is 2.00 bits per heavy atom. The van der Waals surface area contributed by atoms with Gasteiger partial charge in [0.1, 0.15) is 11.5 Å². The summed E-state index contributed by atoms with van der Waals surface area (Å²) in [5.74, 6) is 2.88. The van der Waals surface area contributed by atoms with Gasteiger partial charge < -0.3 is 14.8 Å². The second-order valence-corrected chi connectivity index (χ2v) is 5.47. The first kappa shape index (κ1) is 16.2. The van der Waals surface area contributed by atoms with Crippen LogP contribution in [0.1, 0.15) is 31.9 Å². The Kier molecular flexibility index (Phi) is 7.10. The molecule has 0 saturated heterocycles. The molecule has 2 unspecified atom stereocenters. The Morgan fingerprint density at radius 3 is 2.53 bits per heavy atom. The molecule has 0 spiro atoms. The lowest BCUT2D eigenvalue weighted by Crippen LogP contribution is -2.33. The molecule has 0 aliphatic carbocycles. The van der Waals surface area contributed by atoms with Crippen LogP contribution in [0.25, 0.3) is 0 Å². The molecule has 2 atom stereocenters. The predicted octanol–water partition coefficient (Wildman–Crippen LogP) is 3.50. The third-order valence-corrected chi connectivity index (χ3v) is 3.99. The van der Waals surface area contributed by atoms with Crippen molar-refractivity contribution in [3.63, 3.8) is 0 Å². The van der Waals surface area contributed by atoms with Crippen LogP contribution < -0.4 is 14.8 Å². The summed E-state index contributed by atoms with van der Waals surface area (Å²) in [6.07, 6.45) is 3.26. The van der Waals surface area contributed by atoms with Gasteiger partial charge in [-0.25, -0.2) is 0 Å². The van der Waals surface area contributed by atoms with E-state index in [1.54, 1.807) is 14.2 Å². The van der Waals surface area contributed by atoms with Crippen molar-refractivity contribution in [1.82, 2.24) is 5.32 Å². The number of thioether (sulfide) groups is 1. The SMILES string of the molecule is CCC(CSC)NC(C)c1cc(OC)ccc1OC. The van der Waals surface area contributed by atoms with Gasteiger partial charge in [0.05, 0.1) is 14.2 Å². The summed E-state index contributed by atoms with van der Waals surface area (Å²) in [5.41, 5.74) is 1.14.